The van der Waals surface area contributed by atoms with E-state index in [9.17, 15) is 9.59 Å². The van der Waals surface area contributed by atoms with Gasteiger partial charge in [0.05, 0.1) is 6.61 Å². The fraction of sp³-hybridized carbons (Fsp3) is 0.353. The number of carbonyl (C=O) groups excluding carboxylic acids is 2. The molecule has 0 saturated carbocycles. The molecule has 0 N–H and O–H groups in total. The molecule has 0 saturated heterocycles. The van der Waals surface area contributed by atoms with Crippen molar-refractivity contribution in [1.29, 1.82) is 0 Å². The fourth-order valence-corrected chi connectivity index (χ4v) is 3.35. The molecule has 25 heavy (non-hydrogen) atoms. The van der Waals surface area contributed by atoms with Crippen molar-refractivity contribution in [2.45, 2.75) is 13.8 Å². The van der Waals surface area contributed by atoms with Crippen molar-refractivity contribution in [3.8, 4) is 11.5 Å². The lowest BCUT2D eigenvalue weighted by atomic mass is 10.2. The fourth-order valence-electron chi connectivity index (χ4n) is 2.34. The molecule has 2 aromatic rings. The van der Waals surface area contributed by atoms with E-state index in [1.165, 1.54) is 0 Å². The van der Waals surface area contributed by atoms with Gasteiger partial charge in [-0.05, 0) is 32.0 Å². The minimum atomic E-state index is -0.413. The highest BCUT2D eigenvalue weighted by Gasteiger charge is 2.18. The summed E-state index contributed by atoms with van der Waals surface area (Å²) in [6.45, 7) is 4.77. The molecule has 0 spiro atoms. The van der Waals surface area contributed by atoms with Gasteiger partial charge in [0.2, 0.25) is 0 Å². The van der Waals surface area contributed by atoms with E-state index in [0.717, 1.165) is 11.3 Å². The number of rotatable bonds is 3. The highest BCUT2D eigenvalue weighted by atomic mass is 32.1. The van der Waals surface area contributed by atoms with Gasteiger partial charge in [-0.2, -0.15) is 4.99 Å². The van der Waals surface area contributed by atoms with Crippen molar-refractivity contribution in [3.05, 3.63) is 39.1 Å². The predicted octanol–water partition coefficient (Wildman–Crippen LogP) is 2.08. The summed E-state index contributed by atoms with van der Waals surface area (Å²) >= 11 is 1.13. The average molecular weight is 362 g/mol. The number of nitrogens with zero attached hydrogens (tertiary/aromatic N) is 2. The lowest BCUT2D eigenvalue weighted by Crippen LogP contribution is -2.16. The van der Waals surface area contributed by atoms with Gasteiger partial charge in [-0.1, -0.05) is 11.3 Å². The van der Waals surface area contributed by atoms with Crippen LogP contribution in [0.5, 0.6) is 11.5 Å². The Morgan fingerprint density at radius 3 is 2.72 bits per heavy atom. The second-order valence-electron chi connectivity index (χ2n) is 5.35. The van der Waals surface area contributed by atoms with Gasteiger partial charge in [0.25, 0.3) is 5.91 Å². The first-order valence-electron chi connectivity index (χ1n) is 7.83. The lowest BCUT2D eigenvalue weighted by Gasteiger charge is -2.18. The Labute approximate surface area is 148 Å². The predicted molar refractivity (Wildman–Crippen MR) is 91.3 cm³/mol. The first-order valence-corrected chi connectivity index (χ1v) is 8.65. The Morgan fingerprint density at radius 2 is 2.00 bits per heavy atom. The summed E-state index contributed by atoms with van der Waals surface area (Å²) in [5.41, 5.74) is 1.10. The number of hydrogen-bond donors (Lipinski definition) is 0. The van der Waals surface area contributed by atoms with Crippen molar-refractivity contribution in [3.63, 3.8) is 0 Å². The molecular weight excluding hydrogens is 344 g/mol. The first-order chi connectivity index (χ1) is 12.0. The van der Waals surface area contributed by atoms with Crippen LogP contribution in [-0.4, -0.2) is 36.3 Å². The minimum absolute atomic E-state index is 0.294. The zero-order valence-corrected chi connectivity index (χ0v) is 15.0. The van der Waals surface area contributed by atoms with Crippen LogP contribution < -0.4 is 14.3 Å². The van der Waals surface area contributed by atoms with E-state index in [0.29, 0.717) is 52.3 Å². The van der Waals surface area contributed by atoms with Crippen LogP contribution in [0.4, 0.5) is 0 Å². The van der Waals surface area contributed by atoms with Crippen molar-refractivity contribution >= 4 is 23.2 Å². The topological polar surface area (TPSA) is 79.1 Å². The van der Waals surface area contributed by atoms with Crippen molar-refractivity contribution in [2.75, 3.05) is 19.8 Å². The molecule has 1 amide bonds. The molecule has 1 aliphatic rings. The Balaban J connectivity index is 1.94. The summed E-state index contributed by atoms with van der Waals surface area (Å²) in [6, 6.07) is 4.96. The number of carbonyl (C=O) groups is 2. The average Bonchev–Trinajstić information content (AvgIpc) is 2.90. The third-order valence-electron chi connectivity index (χ3n) is 3.76. The molecule has 0 fully saturated rings. The van der Waals surface area contributed by atoms with Gasteiger partial charge < -0.3 is 18.8 Å². The maximum atomic E-state index is 12.5. The zero-order chi connectivity index (χ0) is 18.0. The van der Waals surface area contributed by atoms with E-state index >= 15 is 0 Å². The van der Waals surface area contributed by atoms with E-state index in [4.69, 9.17) is 14.2 Å². The normalized spacial score (nSPS) is 13.6. The number of fused-ring (bicyclic) bond motifs is 1. The number of amides is 1. The van der Waals surface area contributed by atoms with Gasteiger partial charge in [0.1, 0.15) is 18.1 Å². The van der Waals surface area contributed by atoms with E-state index in [2.05, 4.69) is 4.99 Å². The Hall–Kier alpha value is -2.61. The molecule has 2 heterocycles. The van der Waals surface area contributed by atoms with E-state index in [-0.39, 0.29) is 0 Å². The van der Waals surface area contributed by atoms with Gasteiger partial charge in [-0.25, -0.2) is 4.79 Å². The van der Waals surface area contributed by atoms with Crippen LogP contribution in [-0.2, 0) is 11.8 Å². The van der Waals surface area contributed by atoms with Crippen LogP contribution in [0.2, 0.25) is 0 Å². The number of ether oxygens (including phenoxy) is 3. The first kappa shape index (κ1) is 17.2. The molecule has 0 unspecified atom stereocenters. The van der Waals surface area contributed by atoms with Crippen molar-refractivity contribution in [1.82, 2.24) is 4.57 Å². The molecule has 3 rings (SSSR count). The SMILES string of the molecule is CCOC(=O)c1sc(=NC(=O)c2ccc3c(c2)OCCO3)n(C)c1C. The molecule has 1 aromatic carbocycles. The van der Waals surface area contributed by atoms with Crippen LogP contribution in [0, 0.1) is 6.92 Å². The Morgan fingerprint density at radius 1 is 1.28 bits per heavy atom. The molecule has 0 radical (unpaired) electrons. The number of thiazole rings is 1. The summed E-state index contributed by atoms with van der Waals surface area (Å²) < 4.78 is 17.7. The van der Waals surface area contributed by atoms with Crippen molar-refractivity contribution in [2.24, 2.45) is 12.0 Å². The van der Waals surface area contributed by atoms with Gasteiger partial charge in [0, 0.05) is 18.3 Å². The third kappa shape index (κ3) is 3.43. The summed E-state index contributed by atoms with van der Waals surface area (Å²) in [4.78, 5) is 29.5. The Bertz CT molecular complexity index is 897. The molecule has 8 heteroatoms. The molecule has 1 aromatic heterocycles. The highest BCUT2D eigenvalue weighted by molar-refractivity contribution is 7.11. The second-order valence-corrected chi connectivity index (χ2v) is 6.33. The quantitative estimate of drug-likeness (QED) is 0.781. The molecule has 132 valence electrons. The number of benzene rings is 1. The number of hydrogen-bond acceptors (Lipinski definition) is 6. The maximum Gasteiger partial charge on any atom is 0.350 e. The number of esters is 1. The summed E-state index contributed by atoms with van der Waals surface area (Å²) in [5.74, 6) is 0.328. The van der Waals surface area contributed by atoms with Gasteiger partial charge >= 0.3 is 5.97 Å². The van der Waals surface area contributed by atoms with Crippen molar-refractivity contribution < 1.29 is 23.8 Å². The maximum absolute atomic E-state index is 12.5. The van der Waals surface area contributed by atoms with E-state index in [1.807, 2.05) is 0 Å². The van der Waals surface area contributed by atoms with E-state index < -0.39 is 11.9 Å². The smallest absolute Gasteiger partial charge is 0.350 e. The monoisotopic (exact) mass is 362 g/mol. The molecule has 0 atom stereocenters. The van der Waals surface area contributed by atoms with E-state index in [1.54, 1.807) is 43.7 Å². The molecular formula is C17H18N2O5S. The third-order valence-corrected chi connectivity index (χ3v) is 4.97. The summed E-state index contributed by atoms with van der Waals surface area (Å²) in [6.07, 6.45) is 0. The minimum Gasteiger partial charge on any atom is -0.486 e. The van der Waals surface area contributed by atoms with Gasteiger partial charge in [-0.3, -0.25) is 4.79 Å². The van der Waals surface area contributed by atoms with Crippen LogP contribution in [0.15, 0.2) is 23.2 Å². The van der Waals surface area contributed by atoms with Crippen LogP contribution in [0.25, 0.3) is 0 Å². The van der Waals surface area contributed by atoms with Gasteiger partial charge in [-0.15, -0.1) is 0 Å². The zero-order valence-electron chi connectivity index (χ0n) is 14.2. The lowest BCUT2D eigenvalue weighted by molar-refractivity contribution is 0.0530. The van der Waals surface area contributed by atoms with Gasteiger partial charge in [0.15, 0.2) is 16.3 Å². The standard InChI is InChI=1S/C17H18N2O5S/c1-4-22-16(21)14-10(2)19(3)17(25-14)18-15(20)11-5-6-12-13(9-11)24-8-7-23-12/h5-6,9H,4,7-8H2,1-3H3. The Kier molecular flexibility index (Phi) is 4.89. The highest BCUT2D eigenvalue weighted by Crippen LogP contribution is 2.30. The van der Waals surface area contributed by atoms with Crippen LogP contribution >= 0.6 is 11.3 Å². The molecule has 0 bridgehead atoms. The number of aromatic nitrogens is 1. The molecule has 7 nitrogen and oxygen atoms in total. The summed E-state index contributed by atoms with van der Waals surface area (Å²) in [7, 11) is 1.75. The second kappa shape index (κ2) is 7.10. The van der Waals surface area contributed by atoms with Crippen LogP contribution in [0.1, 0.15) is 32.6 Å². The molecule has 0 aliphatic carbocycles. The summed E-state index contributed by atoms with van der Waals surface area (Å²) in [5, 5.41) is 0. The largest absolute Gasteiger partial charge is 0.486 e. The molecule has 1 aliphatic heterocycles. The van der Waals surface area contributed by atoms with Crippen LogP contribution in [0.3, 0.4) is 0 Å².